The monoisotopic (exact) mass is 273 g/mol. The predicted molar refractivity (Wildman–Crippen MR) is 79.5 cm³/mol. The summed E-state index contributed by atoms with van der Waals surface area (Å²) in [5, 5.41) is 0. The number of aldehydes is 1. The van der Waals surface area contributed by atoms with Crippen molar-refractivity contribution in [1.82, 2.24) is 4.90 Å². The second-order valence-corrected chi connectivity index (χ2v) is 6.08. The van der Waals surface area contributed by atoms with E-state index in [9.17, 15) is 9.59 Å². The molecule has 1 aromatic rings. The van der Waals surface area contributed by atoms with E-state index in [1.807, 2.05) is 4.90 Å². The molecule has 1 heterocycles. The maximum atomic E-state index is 11.6. The molecule has 3 nitrogen and oxygen atoms in total. The van der Waals surface area contributed by atoms with Crippen LogP contribution in [0.3, 0.4) is 0 Å². The van der Waals surface area contributed by atoms with E-state index < -0.39 is 0 Å². The van der Waals surface area contributed by atoms with Gasteiger partial charge in [-0.05, 0) is 37.2 Å². The van der Waals surface area contributed by atoms with Crippen molar-refractivity contribution in [2.24, 2.45) is 5.41 Å². The van der Waals surface area contributed by atoms with Gasteiger partial charge in [-0.1, -0.05) is 29.8 Å². The minimum absolute atomic E-state index is 0.0824. The summed E-state index contributed by atoms with van der Waals surface area (Å²) in [6.45, 7) is 5.21. The SMILES string of the molecule is CC(=O)N1CCCC(CC=O)(Cc2ccc(C)cc2)C1. The Morgan fingerprint density at radius 3 is 2.65 bits per heavy atom. The minimum atomic E-state index is -0.0824. The quantitative estimate of drug-likeness (QED) is 0.791. The molecule has 1 fully saturated rings. The van der Waals surface area contributed by atoms with E-state index in [4.69, 9.17) is 0 Å². The van der Waals surface area contributed by atoms with Crippen LogP contribution in [-0.4, -0.2) is 30.2 Å². The summed E-state index contributed by atoms with van der Waals surface area (Å²) >= 11 is 0. The van der Waals surface area contributed by atoms with E-state index in [-0.39, 0.29) is 11.3 Å². The molecule has 1 amide bonds. The van der Waals surface area contributed by atoms with Crippen molar-refractivity contribution < 1.29 is 9.59 Å². The van der Waals surface area contributed by atoms with Gasteiger partial charge in [-0.15, -0.1) is 0 Å². The molecule has 108 valence electrons. The zero-order valence-electron chi connectivity index (χ0n) is 12.4. The molecule has 0 bridgehead atoms. The lowest BCUT2D eigenvalue weighted by atomic mass is 9.73. The number of rotatable bonds is 4. The standard InChI is InChI=1S/C17H23NO2/c1-14-4-6-16(7-5-14)12-17(9-11-19)8-3-10-18(13-17)15(2)20/h4-7,11H,3,8-10,12-13H2,1-2H3. The molecule has 1 aliphatic heterocycles. The Kier molecular flexibility index (Phi) is 4.58. The summed E-state index contributed by atoms with van der Waals surface area (Å²) < 4.78 is 0. The molecule has 0 spiro atoms. The fraction of sp³-hybridized carbons (Fsp3) is 0.529. The van der Waals surface area contributed by atoms with Crippen molar-refractivity contribution in [3.8, 4) is 0 Å². The molecule has 1 atom stereocenters. The van der Waals surface area contributed by atoms with E-state index in [0.29, 0.717) is 13.0 Å². The number of carbonyl (C=O) groups excluding carboxylic acids is 2. The molecule has 0 radical (unpaired) electrons. The molecular formula is C17H23NO2. The van der Waals surface area contributed by atoms with Crippen LogP contribution in [0.5, 0.6) is 0 Å². The topological polar surface area (TPSA) is 37.4 Å². The van der Waals surface area contributed by atoms with Gasteiger partial charge in [0.1, 0.15) is 6.29 Å². The summed E-state index contributed by atoms with van der Waals surface area (Å²) in [5.41, 5.74) is 2.41. The zero-order valence-corrected chi connectivity index (χ0v) is 12.4. The number of hydrogen-bond donors (Lipinski definition) is 0. The summed E-state index contributed by atoms with van der Waals surface area (Å²) in [5.74, 6) is 0.115. The van der Waals surface area contributed by atoms with Crippen LogP contribution < -0.4 is 0 Å². The Hall–Kier alpha value is -1.64. The number of benzene rings is 1. The summed E-state index contributed by atoms with van der Waals surface area (Å²) in [6, 6.07) is 8.48. The first-order valence-corrected chi connectivity index (χ1v) is 7.29. The molecule has 20 heavy (non-hydrogen) atoms. The first-order valence-electron chi connectivity index (χ1n) is 7.29. The maximum Gasteiger partial charge on any atom is 0.219 e. The lowest BCUT2D eigenvalue weighted by molar-refractivity contribution is -0.133. The fourth-order valence-electron chi connectivity index (χ4n) is 3.18. The van der Waals surface area contributed by atoms with Crippen LogP contribution in [0.1, 0.15) is 37.3 Å². The third-order valence-corrected chi connectivity index (χ3v) is 4.32. The van der Waals surface area contributed by atoms with Gasteiger partial charge in [0.05, 0.1) is 0 Å². The van der Waals surface area contributed by atoms with Gasteiger partial charge < -0.3 is 9.69 Å². The highest BCUT2D eigenvalue weighted by Crippen LogP contribution is 2.36. The van der Waals surface area contributed by atoms with Crippen molar-refractivity contribution in [3.05, 3.63) is 35.4 Å². The first kappa shape index (κ1) is 14.8. The Morgan fingerprint density at radius 2 is 2.05 bits per heavy atom. The van der Waals surface area contributed by atoms with Crippen molar-refractivity contribution in [2.45, 2.75) is 39.5 Å². The van der Waals surface area contributed by atoms with Gasteiger partial charge in [0.2, 0.25) is 5.91 Å². The van der Waals surface area contributed by atoms with Gasteiger partial charge in [0.25, 0.3) is 0 Å². The molecule has 3 heteroatoms. The molecule has 0 aromatic heterocycles. The van der Waals surface area contributed by atoms with E-state index in [0.717, 1.165) is 32.1 Å². The van der Waals surface area contributed by atoms with Gasteiger partial charge in [0.15, 0.2) is 0 Å². The molecule has 2 rings (SSSR count). The molecular weight excluding hydrogens is 250 g/mol. The number of likely N-dealkylation sites (tertiary alicyclic amines) is 1. The number of nitrogens with zero attached hydrogens (tertiary/aromatic N) is 1. The highest BCUT2D eigenvalue weighted by atomic mass is 16.2. The van der Waals surface area contributed by atoms with Gasteiger partial charge in [-0.3, -0.25) is 4.79 Å². The highest BCUT2D eigenvalue weighted by molar-refractivity contribution is 5.73. The van der Waals surface area contributed by atoms with Crippen LogP contribution in [0.25, 0.3) is 0 Å². The lowest BCUT2D eigenvalue weighted by Gasteiger charge is -2.42. The second kappa shape index (κ2) is 6.21. The first-order chi connectivity index (χ1) is 9.54. The average Bonchev–Trinajstić information content (AvgIpc) is 2.42. The second-order valence-electron chi connectivity index (χ2n) is 6.08. The Morgan fingerprint density at radius 1 is 1.35 bits per heavy atom. The highest BCUT2D eigenvalue weighted by Gasteiger charge is 2.36. The summed E-state index contributed by atoms with van der Waals surface area (Å²) in [4.78, 5) is 24.6. The summed E-state index contributed by atoms with van der Waals surface area (Å²) in [6.07, 6.45) is 4.42. The largest absolute Gasteiger partial charge is 0.342 e. The number of hydrogen-bond acceptors (Lipinski definition) is 2. The normalized spacial score (nSPS) is 22.6. The van der Waals surface area contributed by atoms with E-state index in [1.165, 1.54) is 11.1 Å². The van der Waals surface area contributed by atoms with Crippen LogP contribution in [0.4, 0.5) is 0 Å². The Labute approximate surface area is 121 Å². The number of carbonyl (C=O) groups is 2. The van der Waals surface area contributed by atoms with Crippen LogP contribution in [0.2, 0.25) is 0 Å². The Balaban J connectivity index is 2.18. The van der Waals surface area contributed by atoms with Gasteiger partial charge >= 0.3 is 0 Å². The molecule has 0 aliphatic carbocycles. The van der Waals surface area contributed by atoms with E-state index in [2.05, 4.69) is 31.2 Å². The van der Waals surface area contributed by atoms with Crippen molar-refractivity contribution in [3.63, 3.8) is 0 Å². The molecule has 1 aliphatic rings. The predicted octanol–water partition coefficient (Wildman–Crippen LogP) is 2.76. The zero-order chi connectivity index (χ0) is 14.6. The third-order valence-electron chi connectivity index (χ3n) is 4.32. The van der Waals surface area contributed by atoms with Crippen LogP contribution in [0, 0.1) is 12.3 Å². The van der Waals surface area contributed by atoms with Gasteiger partial charge in [-0.25, -0.2) is 0 Å². The molecule has 1 unspecified atom stereocenters. The van der Waals surface area contributed by atoms with Crippen molar-refractivity contribution in [2.75, 3.05) is 13.1 Å². The third kappa shape index (κ3) is 3.47. The van der Waals surface area contributed by atoms with Crippen LogP contribution in [0.15, 0.2) is 24.3 Å². The van der Waals surface area contributed by atoms with E-state index in [1.54, 1.807) is 6.92 Å². The number of aryl methyl sites for hydroxylation is 1. The number of amides is 1. The van der Waals surface area contributed by atoms with Crippen molar-refractivity contribution in [1.29, 1.82) is 0 Å². The fourth-order valence-corrected chi connectivity index (χ4v) is 3.18. The lowest BCUT2D eigenvalue weighted by Crippen LogP contribution is -2.46. The number of piperidine rings is 1. The maximum absolute atomic E-state index is 11.6. The smallest absolute Gasteiger partial charge is 0.219 e. The Bertz CT molecular complexity index is 480. The van der Waals surface area contributed by atoms with Gasteiger partial charge in [0, 0.05) is 26.4 Å². The van der Waals surface area contributed by atoms with Crippen LogP contribution in [-0.2, 0) is 16.0 Å². The molecule has 0 saturated carbocycles. The van der Waals surface area contributed by atoms with Crippen LogP contribution >= 0.6 is 0 Å². The molecule has 1 saturated heterocycles. The summed E-state index contributed by atoms with van der Waals surface area (Å²) in [7, 11) is 0. The molecule has 0 N–H and O–H groups in total. The average molecular weight is 273 g/mol. The minimum Gasteiger partial charge on any atom is -0.342 e. The van der Waals surface area contributed by atoms with Crippen molar-refractivity contribution >= 4 is 12.2 Å². The molecule has 1 aromatic carbocycles. The van der Waals surface area contributed by atoms with E-state index >= 15 is 0 Å². The van der Waals surface area contributed by atoms with Gasteiger partial charge in [-0.2, -0.15) is 0 Å².